The van der Waals surface area contributed by atoms with Gasteiger partial charge in [0.1, 0.15) is 17.8 Å². The van der Waals surface area contributed by atoms with Crippen molar-refractivity contribution in [2.24, 2.45) is 0 Å². The first-order valence-corrected chi connectivity index (χ1v) is 10.1. The summed E-state index contributed by atoms with van der Waals surface area (Å²) in [4.78, 5) is 44.5. The molecule has 0 atom stereocenters. The maximum absolute atomic E-state index is 12.0. The highest BCUT2D eigenvalue weighted by Crippen LogP contribution is 2.37. The van der Waals surface area contributed by atoms with E-state index in [1.165, 1.54) is 24.2 Å². The van der Waals surface area contributed by atoms with Crippen LogP contribution >= 0.6 is 0 Å². The summed E-state index contributed by atoms with van der Waals surface area (Å²) >= 11 is 0. The zero-order valence-electron chi connectivity index (χ0n) is 18.1. The standard InChI is InChI=1S/C22H22N4O7/c1-3-31-19(28)9-10-25(13-18-8-5-11-32-18)21-20(26(29)30)22(24-14-23-21)33-17-7-4-6-16(12-17)15(2)27/h4-8,11-12,14H,3,9-10,13H2,1-2H3. The molecule has 11 nitrogen and oxygen atoms in total. The molecule has 0 saturated heterocycles. The summed E-state index contributed by atoms with van der Waals surface area (Å²) in [6, 6.07) is 9.62. The first-order valence-electron chi connectivity index (χ1n) is 10.1. The molecule has 3 rings (SSSR count). The number of benzene rings is 1. The van der Waals surface area contributed by atoms with E-state index in [0.717, 1.165) is 6.33 Å². The van der Waals surface area contributed by atoms with Gasteiger partial charge in [-0.1, -0.05) is 12.1 Å². The molecule has 2 aromatic heterocycles. The molecule has 0 N–H and O–H groups in total. The monoisotopic (exact) mass is 454 g/mol. The number of ether oxygens (including phenoxy) is 2. The molecular formula is C22H22N4O7. The van der Waals surface area contributed by atoms with Crippen molar-refractivity contribution in [2.45, 2.75) is 26.8 Å². The molecule has 0 radical (unpaired) electrons. The quantitative estimate of drug-likeness (QED) is 0.181. The number of aromatic nitrogens is 2. The molecular weight excluding hydrogens is 432 g/mol. The van der Waals surface area contributed by atoms with E-state index in [4.69, 9.17) is 13.9 Å². The van der Waals surface area contributed by atoms with Gasteiger partial charge in [0, 0.05) is 12.1 Å². The Kier molecular flexibility index (Phi) is 7.68. The Bertz CT molecular complexity index is 1130. The minimum absolute atomic E-state index is 0.0213. The van der Waals surface area contributed by atoms with Crippen LogP contribution in [0.25, 0.3) is 0 Å². The average Bonchev–Trinajstić information content (AvgIpc) is 3.30. The molecule has 2 heterocycles. The molecule has 0 aliphatic heterocycles. The Morgan fingerprint density at radius 2 is 2.03 bits per heavy atom. The number of hydrogen-bond donors (Lipinski definition) is 0. The van der Waals surface area contributed by atoms with Crippen molar-refractivity contribution < 1.29 is 28.4 Å². The molecule has 0 bridgehead atoms. The largest absolute Gasteiger partial charge is 0.467 e. The van der Waals surface area contributed by atoms with Crippen molar-refractivity contribution in [1.82, 2.24) is 9.97 Å². The summed E-state index contributed by atoms with van der Waals surface area (Å²) < 4.78 is 16.0. The highest BCUT2D eigenvalue weighted by Gasteiger charge is 2.30. The van der Waals surface area contributed by atoms with Gasteiger partial charge in [0.25, 0.3) is 0 Å². The molecule has 0 aliphatic rings. The van der Waals surface area contributed by atoms with Crippen LogP contribution in [-0.4, -0.2) is 39.8 Å². The van der Waals surface area contributed by atoms with Crippen molar-refractivity contribution in [2.75, 3.05) is 18.1 Å². The lowest BCUT2D eigenvalue weighted by atomic mass is 10.1. The number of rotatable bonds is 11. The number of carbonyl (C=O) groups excluding carboxylic acids is 2. The van der Waals surface area contributed by atoms with E-state index >= 15 is 0 Å². The second-order valence-electron chi connectivity index (χ2n) is 6.85. The Balaban J connectivity index is 1.97. The topological polar surface area (TPSA) is 138 Å². The molecule has 0 fully saturated rings. The van der Waals surface area contributed by atoms with E-state index in [9.17, 15) is 19.7 Å². The zero-order chi connectivity index (χ0) is 23.8. The number of carbonyl (C=O) groups is 2. The van der Waals surface area contributed by atoms with Crippen LogP contribution in [0.4, 0.5) is 11.5 Å². The maximum Gasteiger partial charge on any atom is 0.373 e. The van der Waals surface area contributed by atoms with E-state index in [1.54, 1.807) is 37.3 Å². The normalized spacial score (nSPS) is 10.5. The van der Waals surface area contributed by atoms with Crippen molar-refractivity contribution in [1.29, 1.82) is 0 Å². The fourth-order valence-corrected chi connectivity index (χ4v) is 3.02. The molecule has 172 valence electrons. The Morgan fingerprint density at radius 1 is 1.21 bits per heavy atom. The first-order chi connectivity index (χ1) is 15.9. The van der Waals surface area contributed by atoms with E-state index in [1.807, 2.05) is 0 Å². The Morgan fingerprint density at radius 3 is 2.70 bits per heavy atom. The molecule has 0 spiro atoms. The average molecular weight is 454 g/mol. The number of anilines is 1. The van der Waals surface area contributed by atoms with Gasteiger partial charge in [-0.05, 0) is 38.1 Å². The molecule has 1 aromatic carbocycles. The minimum atomic E-state index is -0.654. The van der Waals surface area contributed by atoms with Crippen LogP contribution in [0.15, 0.2) is 53.4 Å². The van der Waals surface area contributed by atoms with Gasteiger partial charge in [-0.15, -0.1) is 0 Å². The summed E-state index contributed by atoms with van der Waals surface area (Å²) in [7, 11) is 0. The molecule has 0 unspecified atom stereocenters. The summed E-state index contributed by atoms with van der Waals surface area (Å²) in [5.74, 6) is -0.249. The number of furan rings is 1. The number of nitro groups is 1. The SMILES string of the molecule is CCOC(=O)CCN(Cc1ccco1)c1ncnc(Oc2cccc(C(C)=O)c2)c1[N+](=O)[O-]. The lowest BCUT2D eigenvalue weighted by Gasteiger charge is -2.22. The van der Waals surface area contributed by atoms with E-state index in [2.05, 4.69) is 9.97 Å². The van der Waals surface area contributed by atoms with Crippen LogP contribution in [0.5, 0.6) is 11.6 Å². The summed E-state index contributed by atoms with van der Waals surface area (Å²) in [6.45, 7) is 3.51. The second-order valence-corrected chi connectivity index (χ2v) is 6.85. The van der Waals surface area contributed by atoms with Crippen molar-refractivity contribution in [3.05, 3.63) is 70.4 Å². The smallest absolute Gasteiger partial charge is 0.373 e. The zero-order valence-corrected chi connectivity index (χ0v) is 18.1. The van der Waals surface area contributed by atoms with Crippen molar-refractivity contribution in [3.63, 3.8) is 0 Å². The third-order valence-electron chi connectivity index (χ3n) is 4.52. The van der Waals surface area contributed by atoms with Gasteiger partial charge in [0.15, 0.2) is 5.78 Å². The molecule has 0 amide bonds. The highest BCUT2D eigenvalue weighted by molar-refractivity contribution is 5.94. The molecule has 11 heteroatoms. The fraction of sp³-hybridized carbons (Fsp3) is 0.273. The molecule has 0 aliphatic carbocycles. The van der Waals surface area contributed by atoms with Gasteiger partial charge in [0.2, 0.25) is 5.82 Å². The third-order valence-corrected chi connectivity index (χ3v) is 4.52. The summed E-state index contributed by atoms with van der Waals surface area (Å²) in [5, 5.41) is 12.0. The molecule has 0 saturated carbocycles. The van der Waals surface area contributed by atoms with Crippen LogP contribution in [0.2, 0.25) is 0 Å². The van der Waals surface area contributed by atoms with Crippen LogP contribution in [-0.2, 0) is 16.1 Å². The number of Topliss-reactive ketones (excluding diaryl/α,β-unsaturated/α-hetero) is 1. The fourth-order valence-electron chi connectivity index (χ4n) is 3.02. The van der Waals surface area contributed by atoms with Gasteiger partial charge < -0.3 is 18.8 Å². The second kappa shape index (κ2) is 10.8. The Hall–Kier alpha value is -4.28. The van der Waals surface area contributed by atoms with Gasteiger partial charge in [-0.2, -0.15) is 4.98 Å². The van der Waals surface area contributed by atoms with Gasteiger partial charge in [-0.25, -0.2) is 4.98 Å². The number of esters is 1. The number of nitrogens with zero attached hydrogens (tertiary/aromatic N) is 4. The summed E-state index contributed by atoms with van der Waals surface area (Å²) in [6.07, 6.45) is 2.59. The van der Waals surface area contributed by atoms with E-state index < -0.39 is 16.6 Å². The summed E-state index contributed by atoms with van der Waals surface area (Å²) in [5.41, 5.74) is -0.0977. The number of ketones is 1. The predicted octanol–water partition coefficient (Wildman–Crippen LogP) is 3.93. The Labute approximate surface area is 189 Å². The van der Waals surface area contributed by atoms with Crippen LogP contribution in [0, 0.1) is 10.1 Å². The van der Waals surface area contributed by atoms with Crippen LogP contribution in [0.1, 0.15) is 36.4 Å². The molecule has 33 heavy (non-hydrogen) atoms. The van der Waals surface area contributed by atoms with E-state index in [0.29, 0.717) is 11.3 Å². The first kappa shape index (κ1) is 23.4. The molecule has 3 aromatic rings. The van der Waals surface area contributed by atoms with Crippen molar-refractivity contribution in [3.8, 4) is 11.6 Å². The lowest BCUT2D eigenvalue weighted by Crippen LogP contribution is -2.28. The van der Waals surface area contributed by atoms with Crippen LogP contribution in [0.3, 0.4) is 0 Å². The maximum atomic E-state index is 12.0. The number of hydrogen-bond acceptors (Lipinski definition) is 10. The third kappa shape index (κ3) is 6.12. The van der Waals surface area contributed by atoms with Gasteiger partial charge in [0.05, 0.1) is 30.8 Å². The predicted molar refractivity (Wildman–Crippen MR) is 116 cm³/mol. The lowest BCUT2D eigenvalue weighted by molar-refractivity contribution is -0.385. The van der Waals surface area contributed by atoms with E-state index in [-0.39, 0.29) is 49.3 Å². The van der Waals surface area contributed by atoms with Gasteiger partial charge >= 0.3 is 17.5 Å². The minimum Gasteiger partial charge on any atom is -0.467 e. The highest BCUT2D eigenvalue weighted by atomic mass is 16.6. The van der Waals surface area contributed by atoms with Crippen molar-refractivity contribution >= 4 is 23.3 Å². The van der Waals surface area contributed by atoms with Gasteiger partial charge in [-0.3, -0.25) is 19.7 Å². The van der Waals surface area contributed by atoms with Crippen LogP contribution < -0.4 is 9.64 Å².